The number of carboxylic acid groups (broad SMARTS) is 3. The quantitative estimate of drug-likeness (QED) is 0.343. The van der Waals surface area contributed by atoms with Gasteiger partial charge in [0.25, 0.3) is 0 Å². The maximum Gasteiger partial charge on any atom is 1.00 e. The topological polar surface area (TPSA) is 120 Å². The van der Waals surface area contributed by atoms with Gasteiger partial charge in [0, 0.05) is 0 Å². The van der Waals surface area contributed by atoms with Crippen LogP contribution in [0.4, 0.5) is 0 Å². The molecule has 0 aromatic heterocycles. The first-order chi connectivity index (χ1) is 12.9. The van der Waals surface area contributed by atoms with Gasteiger partial charge in [-0.15, -0.1) is 0 Å². The van der Waals surface area contributed by atoms with Crippen molar-refractivity contribution in [1.29, 1.82) is 0 Å². The minimum atomic E-state index is -1.13. The van der Waals surface area contributed by atoms with Crippen LogP contribution in [-0.4, -0.2) is 17.9 Å². The van der Waals surface area contributed by atoms with Gasteiger partial charge in [-0.25, -0.2) is 0 Å². The molecule has 30 heavy (non-hydrogen) atoms. The van der Waals surface area contributed by atoms with Crippen molar-refractivity contribution in [2.24, 2.45) is 0 Å². The van der Waals surface area contributed by atoms with Gasteiger partial charge in [0.05, 0.1) is 17.9 Å². The smallest absolute Gasteiger partial charge is 0.545 e. The molecule has 0 radical (unpaired) electrons. The molecule has 0 spiro atoms. The number of carbonyl (C=O) groups excluding carboxylic acids is 3. The van der Waals surface area contributed by atoms with Crippen molar-refractivity contribution in [2.45, 2.75) is 0 Å². The maximum absolute atomic E-state index is 10.1. The first kappa shape index (κ1) is 35.6. The van der Waals surface area contributed by atoms with Gasteiger partial charge in [-0.1, -0.05) is 91.0 Å². The Morgan fingerprint density at radius 3 is 0.667 bits per heavy atom. The van der Waals surface area contributed by atoms with E-state index in [0.717, 1.165) is 0 Å². The van der Waals surface area contributed by atoms with Gasteiger partial charge in [-0.05, 0) is 16.7 Å². The molecule has 3 aromatic rings. The second-order valence-electron chi connectivity index (χ2n) is 4.96. The Labute approximate surface area is 302 Å². The van der Waals surface area contributed by atoms with Crippen LogP contribution in [0.1, 0.15) is 31.1 Å². The molecule has 0 aliphatic heterocycles. The van der Waals surface area contributed by atoms with Crippen LogP contribution >= 0.6 is 0 Å². The average molecular weight is 481 g/mol. The van der Waals surface area contributed by atoms with Crippen molar-refractivity contribution >= 4 is 17.9 Å². The fourth-order valence-electron chi connectivity index (χ4n) is 1.72. The van der Waals surface area contributed by atoms with E-state index in [9.17, 15) is 29.7 Å². The summed E-state index contributed by atoms with van der Waals surface area (Å²) in [6, 6.07) is 24.2. The third kappa shape index (κ3) is 16.6. The number of rotatable bonds is 3. The van der Waals surface area contributed by atoms with Crippen molar-refractivity contribution < 1.29 is 184 Å². The SMILES string of the molecule is O=C([O-])c1ccccc1.O=C([O-])c1ccccc1.O=C([O-])c1ccccc1.[K+].[K+].[K+]. The summed E-state index contributed by atoms with van der Waals surface area (Å²) in [7, 11) is 0. The fraction of sp³-hybridized carbons (Fsp3) is 0. The molecule has 138 valence electrons. The molecule has 0 saturated carbocycles. The molecule has 6 nitrogen and oxygen atoms in total. The molecule has 9 heteroatoms. The third-order valence-corrected chi connectivity index (χ3v) is 3.03. The minimum absolute atomic E-state index is 0. The summed E-state index contributed by atoms with van der Waals surface area (Å²) in [6.45, 7) is 0. The Kier molecular flexibility index (Phi) is 25.9. The summed E-state index contributed by atoms with van der Waals surface area (Å²) in [6.07, 6.45) is 0. The molecular formula is C21H15K3O6. The molecule has 3 rings (SSSR count). The summed E-state index contributed by atoms with van der Waals surface area (Å²) in [5.41, 5.74) is 0.660. The molecule has 0 bridgehead atoms. The van der Waals surface area contributed by atoms with E-state index in [-0.39, 0.29) is 171 Å². The van der Waals surface area contributed by atoms with E-state index in [2.05, 4.69) is 0 Å². The Hall–Kier alpha value is 0.979. The predicted octanol–water partition coefficient (Wildman–Crippen LogP) is -8.84. The molecular weight excluding hydrogens is 466 g/mol. The van der Waals surface area contributed by atoms with Crippen LogP contribution in [0, 0.1) is 0 Å². The van der Waals surface area contributed by atoms with E-state index in [1.165, 1.54) is 36.4 Å². The van der Waals surface area contributed by atoms with Gasteiger partial charge in [-0.2, -0.15) is 0 Å². The molecule has 0 heterocycles. The zero-order valence-electron chi connectivity index (χ0n) is 17.1. The van der Waals surface area contributed by atoms with Crippen LogP contribution in [0.5, 0.6) is 0 Å². The Morgan fingerprint density at radius 1 is 0.400 bits per heavy atom. The number of aromatic carboxylic acids is 3. The van der Waals surface area contributed by atoms with Crippen molar-refractivity contribution in [3.05, 3.63) is 108 Å². The van der Waals surface area contributed by atoms with E-state index < -0.39 is 17.9 Å². The van der Waals surface area contributed by atoms with Gasteiger partial charge in [0.2, 0.25) is 0 Å². The zero-order valence-corrected chi connectivity index (χ0v) is 26.5. The van der Waals surface area contributed by atoms with Crippen LogP contribution in [0.3, 0.4) is 0 Å². The number of hydrogen-bond acceptors (Lipinski definition) is 6. The second-order valence-corrected chi connectivity index (χ2v) is 4.96. The van der Waals surface area contributed by atoms with Crippen LogP contribution in [-0.2, 0) is 0 Å². The number of hydrogen-bond donors (Lipinski definition) is 0. The molecule has 0 aliphatic carbocycles. The zero-order chi connectivity index (χ0) is 20.1. The van der Waals surface area contributed by atoms with E-state index >= 15 is 0 Å². The number of carboxylic acids is 3. The summed E-state index contributed by atoms with van der Waals surface area (Å²) < 4.78 is 0. The van der Waals surface area contributed by atoms with Gasteiger partial charge in [-0.3, -0.25) is 0 Å². The third-order valence-electron chi connectivity index (χ3n) is 3.03. The number of benzene rings is 3. The van der Waals surface area contributed by atoms with E-state index in [0.29, 0.717) is 0 Å². The Balaban J connectivity index is -0.000000347. The largest absolute Gasteiger partial charge is 1.00 e. The molecule has 3 aromatic carbocycles. The van der Waals surface area contributed by atoms with Crippen molar-refractivity contribution in [3.8, 4) is 0 Å². The average Bonchev–Trinajstić information content (AvgIpc) is 2.71. The van der Waals surface area contributed by atoms with E-state index in [1.807, 2.05) is 0 Å². The monoisotopic (exact) mass is 480 g/mol. The van der Waals surface area contributed by atoms with Gasteiger partial charge in [0.1, 0.15) is 0 Å². The Morgan fingerprint density at radius 2 is 0.567 bits per heavy atom. The van der Waals surface area contributed by atoms with Crippen molar-refractivity contribution in [3.63, 3.8) is 0 Å². The minimum Gasteiger partial charge on any atom is -0.545 e. The Bertz CT molecular complexity index is 742. The second kappa shape index (κ2) is 21.8. The molecule has 0 amide bonds. The molecule has 0 N–H and O–H groups in total. The summed E-state index contributed by atoms with van der Waals surface area (Å²) >= 11 is 0. The molecule has 0 unspecified atom stereocenters. The van der Waals surface area contributed by atoms with Gasteiger partial charge >= 0.3 is 154 Å². The standard InChI is InChI=1S/3C7H6O2.3K/c3*8-7(9)6-4-2-1-3-5-6;;;/h3*1-5H,(H,8,9);;;/q;;;3*+1/p-3. The molecule has 0 atom stereocenters. The first-order valence-electron chi connectivity index (χ1n) is 7.71. The van der Waals surface area contributed by atoms with Crippen LogP contribution in [0.2, 0.25) is 0 Å². The normalized spacial score (nSPS) is 8.00. The van der Waals surface area contributed by atoms with Crippen LogP contribution in [0.25, 0.3) is 0 Å². The molecule has 0 saturated heterocycles. The molecule has 0 fully saturated rings. The van der Waals surface area contributed by atoms with E-state index in [1.54, 1.807) is 54.6 Å². The summed E-state index contributed by atoms with van der Waals surface area (Å²) in [5, 5.41) is 30.3. The van der Waals surface area contributed by atoms with Crippen LogP contribution in [0.15, 0.2) is 91.0 Å². The summed E-state index contributed by atoms with van der Waals surface area (Å²) in [4.78, 5) is 30.3. The molecule has 0 aliphatic rings. The van der Waals surface area contributed by atoms with Gasteiger partial charge < -0.3 is 29.7 Å². The number of carbonyl (C=O) groups is 3. The fourth-order valence-corrected chi connectivity index (χ4v) is 1.72. The summed E-state index contributed by atoms with van der Waals surface area (Å²) in [5.74, 6) is -3.39. The first-order valence-corrected chi connectivity index (χ1v) is 7.71. The van der Waals surface area contributed by atoms with E-state index in [4.69, 9.17) is 0 Å². The van der Waals surface area contributed by atoms with Crippen molar-refractivity contribution in [2.75, 3.05) is 0 Å². The van der Waals surface area contributed by atoms with Crippen molar-refractivity contribution in [1.82, 2.24) is 0 Å². The maximum atomic E-state index is 10.1. The predicted molar refractivity (Wildman–Crippen MR) is 92.3 cm³/mol. The van der Waals surface area contributed by atoms with Crippen LogP contribution < -0.4 is 169 Å². The van der Waals surface area contributed by atoms with Gasteiger partial charge in [0.15, 0.2) is 0 Å².